The molecule has 0 spiro atoms. The molecule has 0 N–H and O–H groups in total. The molecule has 0 unspecified atom stereocenters. The number of rotatable bonds is 14. The minimum atomic E-state index is -3.66. The van der Waals surface area contributed by atoms with Gasteiger partial charge in [-0.1, -0.05) is 47.0 Å². The summed E-state index contributed by atoms with van der Waals surface area (Å²) in [4.78, 5) is 14.1. The molecule has 8 rings (SSSR count). The number of ether oxygens (including phenoxy) is 4. The molecule has 0 amide bonds. The first-order chi connectivity index (χ1) is 31.6. The van der Waals surface area contributed by atoms with Gasteiger partial charge in [0.05, 0.1) is 54.6 Å². The molecule has 4 heterocycles. The maximum atomic E-state index is 13.4. The fourth-order valence-electron chi connectivity index (χ4n) is 7.78. The molecule has 14 nitrogen and oxygen atoms in total. The zero-order chi connectivity index (χ0) is 47.2. The number of nitrogens with zero attached hydrogens (tertiary/aromatic N) is 6. The second-order valence-electron chi connectivity index (χ2n) is 15.7. The van der Waals surface area contributed by atoms with Crippen molar-refractivity contribution in [2.24, 2.45) is 0 Å². The van der Waals surface area contributed by atoms with Crippen molar-refractivity contribution in [3.05, 3.63) is 128 Å². The lowest BCUT2D eigenvalue weighted by atomic mass is 10.0. The Balaban J connectivity index is 0.000000196. The zero-order valence-corrected chi connectivity index (χ0v) is 41.5. The van der Waals surface area contributed by atoms with Crippen molar-refractivity contribution in [1.82, 2.24) is 18.6 Å². The quantitative estimate of drug-likeness (QED) is 0.105. The van der Waals surface area contributed by atoms with E-state index in [0.29, 0.717) is 81.8 Å². The number of methoxy groups -OCH3 is 4. The maximum absolute atomic E-state index is 13.4. The predicted octanol–water partition coefficient (Wildman–Crippen LogP) is 7.93. The second-order valence-corrected chi connectivity index (χ2v) is 21.6. The van der Waals surface area contributed by atoms with Crippen LogP contribution in [0.4, 0.5) is 14.7 Å². The fraction of sp³-hybridized carbons (Fsp3) is 0.348. The van der Waals surface area contributed by atoms with E-state index in [1.54, 1.807) is 41.7 Å². The van der Waals surface area contributed by atoms with Gasteiger partial charge < -0.3 is 28.7 Å². The topological polar surface area (TPSA) is 144 Å². The molecule has 0 saturated carbocycles. The highest BCUT2D eigenvalue weighted by molar-refractivity contribution is 7.89. The van der Waals surface area contributed by atoms with Crippen molar-refractivity contribution < 1.29 is 40.2 Å². The van der Waals surface area contributed by atoms with E-state index in [1.807, 2.05) is 5.38 Å². The molecule has 6 aromatic rings. The average Bonchev–Trinajstić information content (AvgIpc) is 3.99. The van der Waals surface area contributed by atoms with Crippen LogP contribution in [0.1, 0.15) is 33.6 Å². The second kappa shape index (κ2) is 21.3. The van der Waals surface area contributed by atoms with E-state index < -0.39 is 25.9 Å². The van der Waals surface area contributed by atoms with Gasteiger partial charge in [-0.3, -0.25) is 0 Å². The lowest BCUT2D eigenvalue weighted by Gasteiger charge is -2.33. The minimum Gasteiger partial charge on any atom is -0.493 e. The Kier molecular flexibility index (Phi) is 15.8. The van der Waals surface area contributed by atoms with E-state index in [9.17, 15) is 21.2 Å². The van der Waals surface area contributed by atoms with Crippen LogP contribution in [0.3, 0.4) is 0 Å². The molecule has 0 bridgehead atoms. The third-order valence-corrected chi connectivity index (χ3v) is 17.1. The third kappa shape index (κ3) is 11.4. The Morgan fingerprint density at radius 2 is 0.985 bits per heavy atom. The van der Waals surface area contributed by atoms with Gasteiger partial charge in [0.25, 0.3) is 0 Å². The van der Waals surface area contributed by atoms with Crippen LogP contribution in [0, 0.1) is 19.7 Å². The van der Waals surface area contributed by atoms with Crippen molar-refractivity contribution in [3.8, 4) is 23.0 Å². The number of anilines is 2. The summed E-state index contributed by atoms with van der Waals surface area (Å²) in [6.07, 6.45) is 1.34. The number of hydrogen-bond acceptors (Lipinski definition) is 14. The number of benzene rings is 4. The summed E-state index contributed by atoms with van der Waals surface area (Å²) in [5, 5.41) is 5.92. The predicted molar refractivity (Wildman–Crippen MR) is 258 cm³/mol. The van der Waals surface area contributed by atoms with E-state index in [-0.39, 0.29) is 14.8 Å². The molecular formula is C46H52ClFN6O8S4. The van der Waals surface area contributed by atoms with Crippen LogP contribution in [0.25, 0.3) is 0 Å². The number of halogens is 2. The van der Waals surface area contributed by atoms with E-state index in [1.165, 1.54) is 89.3 Å². The molecule has 4 aromatic carbocycles. The first-order valence-electron chi connectivity index (χ1n) is 21.0. The molecule has 2 aliphatic rings. The molecule has 66 heavy (non-hydrogen) atoms. The van der Waals surface area contributed by atoms with Crippen LogP contribution in [0.2, 0.25) is 5.02 Å². The zero-order valence-electron chi connectivity index (χ0n) is 37.5. The molecule has 20 heteroatoms. The van der Waals surface area contributed by atoms with Crippen LogP contribution in [0.15, 0.2) is 93.3 Å². The summed E-state index contributed by atoms with van der Waals surface area (Å²) in [5.41, 5.74) is 6.55. The van der Waals surface area contributed by atoms with Gasteiger partial charge in [0.15, 0.2) is 33.3 Å². The van der Waals surface area contributed by atoms with E-state index in [2.05, 4.69) is 52.2 Å². The number of aryl methyl sites for hydroxylation is 2. The van der Waals surface area contributed by atoms with E-state index >= 15 is 0 Å². The SMILES string of the molecule is COc1ccc(S(=O)(=O)N2CCN(c3nc(Cc4cc(C)cc(C)c4)cs3)CC2)cc1OC.COc1ccc(S(=O)(=O)N2CCN(c3nc(Cc4ccc(F)c(Cl)c4)cs3)CC2)cc1OC. The van der Waals surface area contributed by atoms with Gasteiger partial charge in [0.2, 0.25) is 20.0 Å². The summed E-state index contributed by atoms with van der Waals surface area (Å²) < 4.78 is 89.8. The first-order valence-corrected chi connectivity index (χ1v) is 26.0. The van der Waals surface area contributed by atoms with Crippen LogP contribution in [0.5, 0.6) is 23.0 Å². The number of piperazine rings is 2. The Labute approximate surface area is 399 Å². The van der Waals surface area contributed by atoms with E-state index in [0.717, 1.165) is 33.6 Å². The fourth-order valence-corrected chi connectivity index (χ4v) is 12.6. The first kappa shape index (κ1) is 48.9. The van der Waals surface area contributed by atoms with Crippen LogP contribution in [-0.2, 0) is 32.9 Å². The Bertz CT molecular complexity index is 2840. The third-order valence-electron chi connectivity index (χ3n) is 11.1. The Morgan fingerprint density at radius 3 is 1.39 bits per heavy atom. The van der Waals surface area contributed by atoms with Gasteiger partial charge in [-0.25, -0.2) is 31.2 Å². The molecule has 0 aliphatic carbocycles. The maximum Gasteiger partial charge on any atom is 0.243 e. The van der Waals surface area contributed by atoms with Gasteiger partial charge in [-0.15, -0.1) is 22.7 Å². The highest BCUT2D eigenvalue weighted by Crippen LogP contribution is 2.34. The number of sulfonamides is 2. The highest BCUT2D eigenvalue weighted by Gasteiger charge is 2.32. The Hall–Kier alpha value is -5.02. The molecule has 0 atom stereocenters. The highest BCUT2D eigenvalue weighted by atomic mass is 35.5. The standard InChI is InChI=1S/C24H29N3O4S2.C22H23ClFN3O4S2/c1-17-11-18(2)13-19(12-17)14-20-16-32-24(25-20)26-7-9-27(10-8-26)33(28,29)21-5-6-22(30-3)23(15-21)31-4;1-30-20-6-4-17(13-21(20)31-2)33(28,29)27-9-7-26(8-10-27)22-25-16(14-32-22)11-15-3-5-19(24)18(23)12-15/h5-6,11-13,15-16H,7-10,14H2,1-4H3;3-6,12-14H,7-11H2,1-2H3. The van der Waals surface area contributed by atoms with E-state index in [4.69, 9.17) is 35.5 Å². The summed E-state index contributed by atoms with van der Waals surface area (Å²) in [5.74, 6) is 1.30. The van der Waals surface area contributed by atoms with Gasteiger partial charge >= 0.3 is 0 Å². The van der Waals surface area contributed by atoms with Crippen molar-refractivity contribution in [2.45, 2.75) is 36.5 Å². The molecule has 2 aromatic heterocycles. The van der Waals surface area contributed by atoms with Gasteiger partial charge in [0.1, 0.15) is 5.82 Å². The lowest BCUT2D eigenvalue weighted by Crippen LogP contribution is -2.48. The molecule has 2 aliphatic heterocycles. The van der Waals surface area contributed by atoms with Crippen molar-refractivity contribution in [1.29, 1.82) is 0 Å². The molecule has 0 radical (unpaired) electrons. The monoisotopic (exact) mass is 998 g/mol. The van der Waals surface area contributed by atoms with Crippen molar-refractivity contribution in [2.75, 3.05) is 90.6 Å². The molecular weight excluding hydrogens is 947 g/mol. The van der Waals surface area contributed by atoms with Gasteiger partial charge in [-0.2, -0.15) is 8.61 Å². The largest absolute Gasteiger partial charge is 0.493 e. The van der Waals surface area contributed by atoms with Crippen molar-refractivity contribution >= 4 is 64.6 Å². The number of thiazole rings is 2. The number of aromatic nitrogens is 2. The summed E-state index contributed by atoms with van der Waals surface area (Å²) in [6, 6.07) is 20.5. The van der Waals surface area contributed by atoms with Gasteiger partial charge in [0, 0.05) is 88.1 Å². The molecule has 2 saturated heterocycles. The summed E-state index contributed by atoms with van der Waals surface area (Å²) in [7, 11) is -1.28. The smallest absolute Gasteiger partial charge is 0.243 e. The lowest BCUT2D eigenvalue weighted by molar-refractivity contribution is 0.353. The van der Waals surface area contributed by atoms with Gasteiger partial charge in [-0.05, 0) is 61.4 Å². The number of hydrogen-bond donors (Lipinski definition) is 0. The molecule has 352 valence electrons. The molecule has 2 fully saturated rings. The average molecular weight is 1000 g/mol. The van der Waals surface area contributed by atoms with Crippen LogP contribution < -0.4 is 28.7 Å². The van der Waals surface area contributed by atoms with Crippen LogP contribution >= 0.6 is 34.3 Å². The van der Waals surface area contributed by atoms with Crippen molar-refractivity contribution in [3.63, 3.8) is 0 Å². The minimum absolute atomic E-state index is 0.0924. The Morgan fingerprint density at radius 1 is 0.561 bits per heavy atom. The normalized spacial score (nSPS) is 15.0. The van der Waals surface area contributed by atoms with Crippen LogP contribution in [-0.4, -0.2) is 116 Å². The summed E-state index contributed by atoms with van der Waals surface area (Å²) in [6.45, 7) is 7.98. The summed E-state index contributed by atoms with van der Waals surface area (Å²) >= 11 is 8.99.